The molecule has 1 rings (SSSR count). The third kappa shape index (κ3) is 3.74. The van der Waals surface area contributed by atoms with E-state index in [1.54, 1.807) is 26.0 Å². The van der Waals surface area contributed by atoms with Crippen molar-refractivity contribution in [2.45, 2.75) is 25.8 Å². The molecule has 1 aromatic rings. The Hall–Kier alpha value is -1.82. The molecule has 0 fully saturated rings. The van der Waals surface area contributed by atoms with Crippen molar-refractivity contribution in [2.24, 2.45) is 0 Å². The fraction of sp³-hybridized carbons (Fsp3) is 0.308. The smallest absolute Gasteiger partial charge is 0.225 e. The summed E-state index contributed by atoms with van der Waals surface area (Å²) in [5, 5.41) is 2.70. The van der Waals surface area contributed by atoms with E-state index in [0.29, 0.717) is 0 Å². The predicted octanol–water partition coefficient (Wildman–Crippen LogP) is 1.90. The van der Waals surface area contributed by atoms with Gasteiger partial charge in [-0.25, -0.2) is 4.39 Å². The van der Waals surface area contributed by atoms with Crippen LogP contribution in [0, 0.1) is 18.2 Å². The number of halogens is 1. The van der Waals surface area contributed by atoms with Crippen LogP contribution in [0.4, 0.5) is 4.39 Å². The van der Waals surface area contributed by atoms with Crippen LogP contribution in [-0.4, -0.2) is 11.4 Å². The summed E-state index contributed by atoms with van der Waals surface area (Å²) in [7, 11) is 0. The Kier molecular flexibility index (Phi) is 3.68. The van der Waals surface area contributed by atoms with Gasteiger partial charge in [-0.1, -0.05) is 18.1 Å². The number of amides is 1. The molecule has 0 radical (unpaired) electrons. The molecule has 0 unspecified atom stereocenters. The lowest BCUT2D eigenvalue weighted by Crippen LogP contribution is -2.42. The van der Waals surface area contributed by atoms with Crippen LogP contribution in [0.25, 0.3) is 0 Å². The molecule has 0 heterocycles. The molecule has 0 atom stereocenters. The first-order valence-corrected chi connectivity index (χ1v) is 4.96. The van der Waals surface area contributed by atoms with Crippen molar-refractivity contribution in [3.05, 3.63) is 35.6 Å². The summed E-state index contributed by atoms with van der Waals surface area (Å²) in [6, 6.07) is 5.82. The molecule has 1 amide bonds. The molecule has 84 valence electrons. The molecule has 0 bridgehead atoms. The van der Waals surface area contributed by atoms with Gasteiger partial charge < -0.3 is 5.32 Å². The quantitative estimate of drug-likeness (QED) is 0.773. The van der Waals surface area contributed by atoms with E-state index in [1.807, 2.05) is 0 Å². The van der Waals surface area contributed by atoms with E-state index in [2.05, 4.69) is 11.2 Å². The zero-order chi connectivity index (χ0) is 12.2. The van der Waals surface area contributed by atoms with Crippen LogP contribution in [0.2, 0.25) is 0 Å². The van der Waals surface area contributed by atoms with E-state index in [1.165, 1.54) is 12.1 Å². The fourth-order valence-corrected chi connectivity index (χ4v) is 1.22. The Balaban J connectivity index is 2.59. The molecule has 0 aromatic heterocycles. The maximum absolute atomic E-state index is 12.6. The monoisotopic (exact) mass is 219 g/mol. The highest BCUT2D eigenvalue weighted by Crippen LogP contribution is 2.05. The molecule has 0 aliphatic rings. The molecule has 2 nitrogen and oxygen atoms in total. The van der Waals surface area contributed by atoms with Gasteiger partial charge in [0, 0.05) is 0 Å². The van der Waals surface area contributed by atoms with Crippen molar-refractivity contribution < 1.29 is 9.18 Å². The molecule has 0 aliphatic heterocycles. The summed E-state index contributed by atoms with van der Waals surface area (Å²) < 4.78 is 12.6. The third-order valence-electron chi connectivity index (χ3n) is 2.09. The molecule has 0 aliphatic carbocycles. The number of nitrogens with one attached hydrogen (secondary N) is 1. The van der Waals surface area contributed by atoms with E-state index in [4.69, 9.17) is 6.42 Å². The first kappa shape index (κ1) is 12.3. The fourth-order valence-electron chi connectivity index (χ4n) is 1.22. The lowest BCUT2D eigenvalue weighted by molar-refractivity contribution is -0.121. The van der Waals surface area contributed by atoms with E-state index in [0.717, 1.165) is 5.56 Å². The molecule has 0 spiro atoms. The maximum Gasteiger partial charge on any atom is 0.225 e. The number of hydrogen-bond acceptors (Lipinski definition) is 1. The second kappa shape index (κ2) is 4.80. The zero-order valence-electron chi connectivity index (χ0n) is 9.38. The summed E-state index contributed by atoms with van der Waals surface area (Å²) in [6.45, 7) is 3.49. The van der Waals surface area contributed by atoms with Crippen LogP contribution in [0.3, 0.4) is 0 Å². The Morgan fingerprint density at radius 1 is 1.44 bits per heavy atom. The number of carbonyl (C=O) groups excluding carboxylic acids is 1. The summed E-state index contributed by atoms with van der Waals surface area (Å²) in [4.78, 5) is 11.6. The van der Waals surface area contributed by atoms with Crippen molar-refractivity contribution in [3.8, 4) is 12.3 Å². The van der Waals surface area contributed by atoms with E-state index < -0.39 is 5.54 Å². The Labute approximate surface area is 94.9 Å². The van der Waals surface area contributed by atoms with Crippen LogP contribution in [0.1, 0.15) is 19.4 Å². The first-order valence-electron chi connectivity index (χ1n) is 4.96. The number of rotatable bonds is 3. The van der Waals surface area contributed by atoms with Gasteiger partial charge in [0.05, 0.1) is 12.0 Å². The summed E-state index contributed by atoms with van der Waals surface area (Å²) in [6.07, 6.45) is 5.45. The van der Waals surface area contributed by atoms with Gasteiger partial charge in [-0.2, -0.15) is 0 Å². The van der Waals surface area contributed by atoms with E-state index in [9.17, 15) is 9.18 Å². The van der Waals surface area contributed by atoms with Crippen LogP contribution >= 0.6 is 0 Å². The molecule has 16 heavy (non-hydrogen) atoms. The molecule has 3 heteroatoms. The van der Waals surface area contributed by atoms with Crippen molar-refractivity contribution in [3.63, 3.8) is 0 Å². The number of hydrogen-bond donors (Lipinski definition) is 1. The van der Waals surface area contributed by atoms with E-state index in [-0.39, 0.29) is 18.1 Å². The van der Waals surface area contributed by atoms with Gasteiger partial charge in [-0.15, -0.1) is 6.42 Å². The van der Waals surface area contributed by atoms with Gasteiger partial charge in [0.2, 0.25) is 5.91 Å². The normalized spacial score (nSPS) is 10.6. The Bertz CT molecular complexity index is 415. The largest absolute Gasteiger partial charge is 0.340 e. The molecular formula is C13H14FNO. The van der Waals surface area contributed by atoms with Gasteiger partial charge in [-0.05, 0) is 31.5 Å². The summed E-state index contributed by atoms with van der Waals surface area (Å²) in [5.41, 5.74) is 0.101. The highest BCUT2D eigenvalue weighted by atomic mass is 19.1. The maximum atomic E-state index is 12.6. The average Bonchev–Trinajstić information content (AvgIpc) is 2.21. The minimum absolute atomic E-state index is 0.172. The summed E-state index contributed by atoms with van der Waals surface area (Å²) in [5.74, 6) is 1.99. The van der Waals surface area contributed by atoms with Crippen LogP contribution in [-0.2, 0) is 11.2 Å². The number of benzene rings is 1. The van der Waals surface area contributed by atoms with Gasteiger partial charge in [0.15, 0.2) is 0 Å². The van der Waals surface area contributed by atoms with E-state index >= 15 is 0 Å². The molecule has 0 saturated carbocycles. The minimum Gasteiger partial charge on any atom is -0.340 e. The van der Waals surface area contributed by atoms with Crippen LogP contribution in [0.5, 0.6) is 0 Å². The zero-order valence-corrected chi connectivity index (χ0v) is 9.38. The van der Waals surface area contributed by atoms with Crippen molar-refractivity contribution in [1.29, 1.82) is 0 Å². The first-order chi connectivity index (χ1) is 7.43. The van der Waals surface area contributed by atoms with Crippen LogP contribution in [0.15, 0.2) is 24.3 Å². The van der Waals surface area contributed by atoms with Crippen molar-refractivity contribution >= 4 is 5.91 Å². The van der Waals surface area contributed by atoms with Gasteiger partial charge >= 0.3 is 0 Å². The van der Waals surface area contributed by atoms with Crippen molar-refractivity contribution in [1.82, 2.24) is 5.32 Å². The van der Waals surface area contributed by atoms with Gasteiger partial charge in [-0.3, -0.25) is 4.79 Å². The average molecular weight is 219 g/mol. The number of terminal acetylenes is 1. The Morgan fingerprint density at radius 3 is 2.50 bits per heavy atom. The molecular weight excluding hydrogens is 205 g/mol. The van der Waals surface area contributed by atoms with Gasteiger partial charge in [0.1, 0.15) is 5.82 Å². The molecule has 1 aromatic carbocycles. The Morgan fingerprint density at radius 2 is 2.00 bits per heavy atom. The standard InChI is InChI=1S/C13H14FNO/c1-4-13(2,3)15-12(16)9-10-5-7-11(14)8-6-10/h1,5-8H,9H2,2-3H3,(H,15,16). The minimum atomic E-state index is -0.656. The van der Waals surface area contributed by atoms with Crippen LogP contribution < -0.4 is 5.32 Å². The van der Waals surface area contributed by atoms with Gasteiger partial charge in [0.25, 0.3) is 0 Å². The second-order valence-corrected chi connectivity index (χ2v) is 4.12. The predicted molar refractivity (Wildman–Crippen MR) is 61.2 cm³/mol. The lowest BCUT2D eigenvalue weighted by atomic mass is 10.1. The highest BCUT2D eigenvalue weighted by molar-refractivity contribution is 5.79. The third-order valence-corrected chi connectivity index (χ3v) is 2.09. The highest BCUT2D eigenvalue weighted by Gasteiger charge is 2.16. The second-order valence-electron chi connectivity index (χ2n) is 4.12. The summed E-state index contributed by atoms with van der Waals surface area (Å²) >= 11 is 0. The topological polar surface area (TPSA) is 29.1 Å². The molecule has 0 saturated heterocycles. The lowest BCUT2D eigenvalue weighted by Gasteiger charge is -2.19. The van der Waals surface area contributed by atoms with Crippen molar-refractivity contribution in [2.75, 3.05) is 0 Å². The SMILES string of the molecule is C#CC(C)(C)NC(=O)Cc1ccc(F)cc1. The number of carbonyl (C=O) groups is 1. The molecule has 1 N–H and O–H groups in total.